The van der Waals surface area contributed by atoms with E-state index in [1.54, 1.807) is 42.3 Å². The molecule has 1 unspecified atom stereocenters. The van der Waals surface area contributed by atoms with Crippen molar-refractivity contribution in [1.82, 2.24) is 9.80 Å². The monoisotopic (exact) mass is 465 g/mol. The van der Waals surface area contributed by atoms with Gasteiger partial charge in [0.15, 0.2) is 0 Å². The van der Waals surface area contributed by atoms with Crippen LogP contribution in [-0.4, -0.2) is 58.8 Å². The third-order valence-corrected chi connectivity index (χ3v) is 5.88. The Bertz CT molecular complexity index is 1110. The summed E-state index contributed by atoms with van der Waals surface area (Å²) in [5.41, 5.74) is 2.32. The molecule has 7 heteroatoms. The van der Waals surface area contributed by atoms with Gasteiger partial charge in [0, 0.05) is 36.8 Å². The Morgan fingerprint density at radius 1 is 1.18 bits per heavy atom. The molecule has 0 radical (unpaired) electrons. The van der Waals surface area contributed by atoms with Gasteiger partial charge in [-0.2, -0.15) is 0 Å². The number of carbonyl (C=O) groups is 2. The van der Waals surface area contributed by atoms with E-state index >= 15 is 0 Å². The highest BCUT2D eigenvalue weighted by Crippen LogP contribution is 2.31. The van der Waals surface area contributed by atoms with Gasteiger partial charge in [0.1, 0.15) is 5.84 Å². The third-order valence-electron chi connectivity index (χ3n) is 5.64. The van der Waals surface area contributed by atoms with Crippen LogP contribution in [0.25, 0.3) is 11.8 Å². The zero-order chi connectivity index (χ0) is 24.0. The van der Waals surface area contributed by atoms with Gasteiger partial charge in [-0.05, 0) is 44.0 Å². The molecule has 1 N–H and O–H groups in total. The van der Waals surface area contributed by atoms with E-state index in [1.165, 1.54) is 0 Å². The molecule has 0 bridgehead atoms. The van der Waals surface area contributed by atoms with Crippen molar-refractivity contribution in [3.8, 4) is 0 Å². The average Bonchev–Trinajstić information content (AvgIpc) is 2.79. The van der Waals surface area contributed by atoms with Crippen LogP contribution >= 0.6 is 11.6 Å². The second kappa shape index (κ2) is 11.0. The highest BCUT2D eigenvalue weighted by molar-refractivity contribution is 6.30. The van der Waals surface area contributed by atoms with Gasteiger partial charge in [0.25, 0.3) is 0 Å². The molecular weight excluding hydrogens is 438 g/mol. The molecule has 172 valence electrons. The molecule has 1 heterocycles. The van der Waals surface area contributed by atoms with Crippen LogP contribution < -0.4 is 0 Å². The number of carbonyl (C=O) groups excluding carboxylic acids is 1. The van der Waals surface area contributed by atoms with Crippen molar-refractivity contribution in [3.63, 3.8) is 0 Å². The largest absolute Gasteiger partial charge is 0.478 e. The molecule has 0 spiro atoms. The lowest BCUT2D eigenvalue weighted by atomic mass is 9.98. The maximum absolute atomic E-state index is 12.4. The van der Waals surface area contributed by atoms with Crippen LogP contribution in [-0.2, 0) is 9.59 Å². The summed E-state index contributed by atoms with van der Waals surface area (Å²) in [5, 5.41) is 10.4. The zero-order valence-electron chi connectivity index (χ0n) is 19.0. The van der Waals surface area contributed by atoms with Crippen molar-refractivity contribution in [2.75, 3.05) is 20.1 Å². The van der Waals surface area contributed by atoms with E-state index < -0.39 is 5.97 Å². The van der Waals surface area contributed by atoms with E-state index in [9.17, 15) is 14.7 Å². The molecule has 0 aliphatic carbocycles. The summed E-state index contributed by atoms with van der Waals surface area (Å²) in [5.74, 6) is -0.345. The molecule has 2 aromatic rings. The molecule has 3 rings (SSSR count). The number of benzene rings is 2. The molecule has 1 amide bonds. The molecule has 1 aliphatic rings. The van der Waals surface area contributed by atoms with Gasteiger partial charge in [-0.1, -0.05) is 54.1 Å². The Labute approximate surface area is 199 Å². The molecule has 1 atom stereocenters. The normalized spacial score (nSPS) is 16.2. The standard InChI is InChI=1S/C26H28ClN3O3/c1-18-24(26(32)33)25(21-11-7-12-22(27)17-21)28-19(2)30(18)16-8-15-29(3)23(31)14-13-20-9-5-4-6-10-20/h4-7,9-14,17-18H,8,15-16H2,1-3H3,(H,32,33)/b14-13+. The number of hydrogen-bond donors (Lipinski definition) is 1. The highest BCUT2D eigenvalue weighted by atomic mass is 35.5. The van der Waals surface area contributed by atoms with Crippen LogP contribution in [0.2, 0.25) is 5.02 Å². The summed E-state index contributed by atoms with van der Waals surface area (Å²) in [4.78, 5) is 32.7. The topological polar surface area (TPSA) is 73.2 Å². The Morgan fingerprint density at radius 3 is 2.58 bits per heavy atom. The molecule has 6 nitrogen and oxygen atoms in total. The van der Waals surface area contributed by atoms with Crippen molar-refractivity contribution in [3.05, 3.63) is 82.4 Å². The number of halogens is 1. The van der Waals surface area contributed by atoms with Crippen LogP contribution in [0.3, 0.4) is 0 Å². The van der Waals surface area contributed by atoms with E-state index in [4.69, 9.17) is 11.6 Å². The summed E-state index contributed by atoms with van der Waals surface area (Å²) in [6.07, 6.45) is 4.04. The van der Waals surface area contributed by atoms with E-state index in [1.807, 2.05) is 55.1 Å². The molecule has 2 aromatic carbocycles. The Morgan fingerprint density at radius 2 is 1.91 bits per heavy atom. The first-order valence-corrected chi connectivity index (χ1v) is 11.2. The van der Waals surface area contributed by atoms with Gasteiger partial charge in [-0.25, -0.2) is 9.79 Å². The summed E-state index contributed by atoms with van der Waals surface area (Å²) in [6, 6.07) is 16.4. The maximum Gasteiger partial charge on any atom is 0.335 e. The minimum atomic E-state index is -1.00. The molecule has 0 saturated carbocycles. The van der Waals surface area contributed by atoms with Crippen LogP contribution in [0.15, 0.2) is 71.2 Å². The number of likely N-dealkylation sites (N-methyl/N-ethyl adjacent to an activating group) is 1. The summed E-state index contributed by atoms with van der Waals surface area (Å²) in [6.45, 7) is 4.86. The summed E-state index contributed by atoms with van der Waals surface area (Å²) >= 11 is 6.11. The van der Waals surface area contributed by atoms with Gasteiger partial charge in [-0.3, -0.25) is 4.79 Å². The number of hydrogen-bond acceptors (Lipinski definition) is 4. The summed E-state index contributed by atoms with van der Waals surface area (Å²) in [7, 11) is 1.76. The van der Waals surface area contributed by atoms with Gasteiger partial charge in [-0.15, -0.1) is 0 Å². The number of aliphatic imine (C=N–C) groups is 1. The lowest BCUT2D eigenvalue weighted by Gasteiger charge is -2.36. The number of amidine groups is 1. The van der Waals surface area contributed by atoms with Crippen molar-refractivity contribution >= 4 is 41.1 Å². The second-order valence-electron chi connectivity index (χ2n) is 7.96. The summed E-state index contributed by atoms with van der Waals surface area (Å²) < 4.78 is 0. The van der Waals surface area contributed by atoms with Crippen LogP contribution in [0.5, 0.6) is 0 Å². The number of rotatable bonds is 8. The minimum Gasteiger partial charge on any atom is -0.478 e. The zero-order valence-corrected chi connectivity index (χ0v) is 19.8. The van der Waals surface area contributed by atoms with E-state index in [0.29, 0.717) is 35.8 Å². The lowest BCUT2D eigenvalue weighted by Crippen LogP contribution is -2.44. The first-order valence-electron chi connectivity index (χ1n) is 10.8. The number of nitrogens with zero attached hydrogens (tertiary/aromatic N) is 3. The predicted molar refractivity (Wildman–Crippen MR) is 133 cm³/mol. The number of carboxylic acids is 1. The van der Waals surface area contributed by atoms with Gasteiger partial charge < -0.3 is 14.9 Å². The van der Waals surface area contributed by atoms with Crippen LogP contribution in [0.1, 0.15) is 31.4 Å². The SMILES string of the molecule is CC1=NC(c2cccc(Cl)c2)=C(C(=O)O)C(C)N1CCCN(C)C(=O)/C=C/c1ccccc1. The van der Waals surface area contributed by atoms with E-state index in [-0.39, 0.29) is 17.5 Å². The quantitative estimate of drug-likeness (QED) is 0.567. The third kappa shape index (κ3) is 6.11. The fourth-order valence-corrected chi connectivity index (χ4v) is 4.05. The molecule has 0 aromatic heterocycles. The van der Waals surface area contributed by atoms with Gasteiger partial charge in [0.2, 0.25) is 5.91 Å². The Hall–Kier alpha value is -3.38. The second-order valence-corrected chi connectivity index (χ2v) is 8.40. The maximum atomic E-state index is 12.4. The van der Waals surface area contributed by atoms with Gasteiger partial charge >= 0.3 is 5.97 Å². The van der Waals surface area contributed by atoms with Gasteiger partial charge in [0.05, 0.1) is 17.3 Å². The first-order chi connectivity index (χ1) is 15.8. The molecule has 0 saturated heterocycles. The Kier molecular flexibility index (Phi) is 8.06. The van der Waals surface area contributed by atoms with E-state index in [2.05, 4.69) is 4.99 Å². The molecular formula is C26H28ClN3O3. The average molecular weight is 466 g/mol. The number of aliphatic carboxylic acids is 1. The Balaban J connectivity index is 1.65. The van der Waals surface area contributed by atoms with Crippen LogP contribution in [0, 0.1) is 0 Å². The van der Waals surface area contributed by atoms with Crippen molar-refractivity contribution < 1.29 is 14.7 Å². The van der Waals surface area contributed by atoms with Crippen molar-refractivity contribution in [1.29, 1.82) is 0 Å². The number of amides is 1. The molecule has 33 heavy (non-hydrogen) atoms. The molecule has 1 aliphatic heterocycles. The first kappa shape index (κ1) is 24.3. The highest BCUT2D eigenvalue weighted by Gasteiger charge is 2.31. The smallest absolute Gasteiger partial charge is 0.335 e. The minimum absolute atomic E-state index is 0.0784. The predicted octanol–water partition coefficient (Wildman–Crippen LogP) is 4.82. The molecule has 0 fully saturated rings. The number of carboxylic acid groups (broad SMARTS) is 1. The lowest BCUT2D eigenvalue weighted by molar-refractivity contribution is -0.133. The van der Waals surface area contributed by atoms with Crippen molar-refractivity contribution in [2.24, 2.45) is 4.99 Å². The van der Waals surface area contributed by atoms with Crippen LogP contribution in [0.4, 0.5) is 0 Å². The van der Waals surface area contributed by atoms with E-state index in [0.717, 1.165) is 11.4 Å². The fraction of sp³-hybridized carbons (Fsp3) is 0.269. The van der Waals surface area contributed by atoms with Crippen molar-refractivity contribution in [2.45, 2.75) is 26.3 Å². The fourth-order valence-electron chi connectivity index (χ4n) is 3.86.